The number of nitrogens with zero attached hydrogens (tertiary/aromatic N) is 1. The van der Waals surface area contributed by atoms with Crippen LogP contribution >= 0.6 is 11.3 Å². The largest absolute Gasteiger partial charge is 0.490 e. The number of amides is 2. The maximum absolute atomic E-state index is 12.9. The lowest BCUT2D eigenvalue weighted by Crippen LogP contribution is -2.42. The Bertz CT molecular complexity index is 784. The molecule has 1 aromatic heterocycles. The summed E-state index contributed by atoms with van der Waals surface area (Å²) in [5.74, 6) is 0.550. The topological polar surface area (TPSA) is 58.6 Å². The Morgan fingerprint density at radius 2 is 2.16 bits per heavy atom. The normalized spacial score (nSPS) is 16.0. The van der Waals surface area contributed by atoms with E-state index >= 15 is 0 Å². The molecule has 0 radical (unpaired) electrons. The van der Waals surface area contributed by atoms with Crippen molar-refractivity contribution in [1.29, 1.82) is 0 Å². The molecule has 0 aliphatic carbocycles. The summed E-state index contributed by atoms with van der Waals surface area (Å²) in [5, 5.41) is 4.76. The highest BCUT2D eigenvalue weighted by molar-refractivity contribution is 7.12. The van der Waals surface area contributed by atoms with Crippen LogP contribution in [-0.2, 0) is 4.79 Å². The number of fused-ring (bicyclic) bond motifs is 1. The zero-order valence-electron chi connectivity index (χ0n) is 14.7. The van der Waals surface area contributed by atoms with E-state index in [0.717, 1.165) is 6.42 Å². The quantitative estimate of drug-likeness (QED) is 0.893. The Morgan fingerprint density at radius 3 is 2.84 bits per heavy atom. The molecular formula is C19H22N2O3S. The third-order valence-electron chi connectivity index (χ3n) is 4.11. The second-order valence-electron chi connectivity index (χ2n) is 6.74. The van der Waals surface area contributed by atoms with Gasteiger partial charge >= 0.3 is 0 Å². The molecule has 0 spiro atoms. The van der Waals surface area contributed by atoms with Crippen LogP contribution in [0, 0.1) is 5.41 Å². The molecule has 1 N–H and O–H groups in total. The van der Waals surface area contributed by atoms with Gasteiger partial charge in [0.2, 0.25) is 5.91 Å². The summed E-state index contributed by atoms with van der Waals surface area (Å²) < 4.78 is 5.87. The smallest absolute Gasteiger partial charge is 0.265 e. The van der Waals surface area contributed by atoms with Crippen molar-refractivity contribution in [1.82, 2.24) is 0 Å². The SMILES string of the molecule is CCCN1C(=O)C(C)(C)COc2ccc(NC(=O)c3cccs3)cc21. The number of hydrogen-bond acceptors (Lipinski definition) is 4. The Labute approximate surface area is 151 Å². The van der Waals surface area contributed by atoms with Crippen LogP contribution in [-0.4, -0.2) is 25.0 Å². The van der Waals surface area contributed by atoms with Gasteiger partial charge < -0.3 is 15.0 Å². The Morgan fingerprint density at radius 1 is 1.36 bits per heavy atom. The minimum atomic E-state index is -0.589. The number of hydrogen-bond donors (Lipinski definition) is 1. The lowest BCUT2D eigenvalue weighted by Gasteiger charge is -2.27. The third kappa shape index (κ3) is 3.54. The molecule has 2 amide bonds. The first-order valence-corrected chi connectivity index (χ1v) is 9.24. The average Bonchev–Trinajstić information content (AvgIpc) is 3.10. The molecule has 0 bridgehead atoms. The molecule has 6 heteroatoms. The van der Waals surface area contributed by atoms with E-state index in [2.05, 4.69) is 5.32 Å². The van der Waals surface area contributed by atoms with Crippen molar-refractivity contribution in [2.24, 2.45) is 5.41 Å². The lowest BCUT2D eigenvalue weighted by molar-refractivity contribution is -0.127. The highest BCUT2D eigenvalue weighted by Gasteiger charge is 2.37. The summed E-state index contributed by atoms with van der Waals surface area (Å²) in [6.45, 7) is 6.77. The Hall–Kier alpha value is -2.34. The number of carbonyl (C=O) groups is 2. The molecule has 2 aromatic rings. The molecule has 0 fully saturated rings. The summed E-state index contributed by atoms with van der Waals surface area (Å²) in [4.78, 5) is 27.6. The van der Waals surface area contributed by atoms with E-state index in [4.69, 9.17) is 4.74 Å². The minimum absolute atomic E-state index is 0.0369. The maximum atomic E-state index is 12.9. The summed E-state index contributed by atoms with van der Waals surface area (Å²) >= 11 is 1.39. The molecule has 3 rings (SSSR count). The van der Waals surface area contributed by atoms with E-state index in [1.807, 2.05) is 44.4 Å². The van der Waals surface area contributed by atoms with Gasteiger partial charge in [0.1, 0.15) is 12.4 Å². The monoisotopic (exact) mass is 358 g/mol. The standard InChI is InChI=1S/C19H22N2O3S/c1-4-9-21-14-11-13(20-17(22)16-6-5-10-25-16)7-8-15(14)24-12-19(2,3)18(21)23/h5-8,10-11H,4,9,12H2,1-3H3,(H,20,22). The molecular weight excluding hydrogens is 336 g/mol. The number of carbonyl (C=O) groups excluding carboxylic acids is 2. The second-order valence-corrected chi connectivity index (χ2v) is 7.69. The first-order valence-electron chi connectivity index (χ1n) is 8.36. The van der Waals surface area contributed by atoms with Gasteiger partial charge in [-0.25, -0.2) is 0 Å². The number of rotatable bonds is 4. The van der Waals surface area contributed by atoms with Crippen LogP contribution in [0.25, 0.3) is 0 Å². The number of benzene rings is 1. The van der Waals surface area contributed by atoms with Crippen molar-refractivity contribution < 1.29 is 14.3 Å². The molecule has 132 valence electrons. The van der Waals surface area contributed by atoms with E-state index in [9.17, 15) is 9.59 Å². The van der Waals surface area contributed by atoms with Gasteiger partial charge in [-0.05, 0) is 49.9 Å². The molecule has 25 heavy (non-hydrogen) atoms. The zero-order chi connectivity index (χ0) is 18.0. The van der Waals surface area contributed by atoms with Gasteiger partial charge in [-0.2, -0.15) is 0 Å². The van der Waals surface area contributed by atoms with Crippen LogP contribution in [0.2, 0.25) is 0 Å². The van der Waals surface area contributed by atoms with Crippen LogP contribution < -0.4 is 15.0 Å². The predicted octanol–water partition coefficient (Wildman–Crippen LogP) is 4.16. The van der Waals surface area contributed by atoms with Crippen molar-refractivity contribution >= 4 is 34.5 Å². The van der Waals surface area contributed by atoms with Crippen molar-refractivity contribution in [3.8, 4) is 5.75 Å². The average molecular weight is 358 g/mol. The van der Waals surface area contributed by atoms with Gasteiger partial charge in [0.15, 0.2) is 0 Å². The highest BCUT2D eigenvalue weighted by atomic mass is 32.1. The molecule has 0 atom stereocenters. The third-order valence-corrected chi connectivity index (χ3v) is 4.98. The first-order chi connectivity index (χ1) is 11.9. The van der Waals surface area contributed by atoms with Gasteiger partial charge in [0, 0.05) is 12.2 Å². The number of thiophene rings is 1. The fraction of sp³-hybridized carbons (Fsp3) is 0.368. The molecule has 1 aromatic carbocycles. The van der Waals surface area contributed by atoms with E-state index < -0.39 is 5.41 Å². The number of nitrogens with one attached hydrogen (secondary N) is 1. The Kier molecular flexibility index (Phi) is 4.81. The van der Waals surface area contributed by atoms with Crippen LogP contribution in [0.5, 0.6) is 5.75 Å². The molecule has 1 aliphatic heterocycles. The maximum Gasteiger partial charge on any atom is 0.265 e. The lowest BCUT2D eigenvalue weighted by atomic mass is 9.93. The molecule has 1 aliphatic rings. The molecule has 0 unspecified atom stereocenters. The Balaban J connectivity index is 1.93. The summed E-state index contributed by atoms with van der Waals surface area (Å²) in [6, 6.07) is 9.06. The highest BCUT2D eigenvalue weighted by Crippen LogP contribution is 2.38. The minimum Gasteiger partial charge on any atom is -0.490 e. The van der Waals surface area contributed by atoms with Crippen LogP contribution in [0.4, 0.5) is 11.4 Å². The van der Waals surface area contributed by atoms with E-state index in [-0.39, 0.29) is 11.8 Å². The number of ether oxygens (including phenoxy) is 1. The molecule has 0 saturated heterocycles. The van der Waals surface area contributed by atoms with Crippen LogP contribution in [0.15, 0.2) is 35.7 Å². The van der Waals surface area contributed by atoms with E-state index in [0.29, 0.717) is 35.2 Å². The second kappa shape index (κ2) is 6.88. The van der Waals surface area contributed by atoms with E-state index in [1.165, 1.54) is 11.3 Å². The van der Waals surface area contributed by atoms with Crippen molar-refractivity contribution in [3.63, 3.8) is 0 Å². The van der Waals surface area contributed by atoms with Crippen LogP contribution in [0.1, 0.15) is 36.9 Å². The predicted molar refractivity (Wildman–Crippen MR) is 101 cm³/mol. The number of anilines is 2. The fourth-order valence-electron chi connectivity index (χ4n) is 2.77. The van der Waals surface area contributed by atoms with Gasteiger partial charge in [-0.15, -0.1) is 11.3 Å². The summed E-state index contributed by atoms with van der Waals surface area (Å²) in [7, 11) is 0. The van der Waals surface area contributed by atoms with Gasteiger partial charge in [-0.3, -0.25) is 9.59 Å². The molecule has 0 saturated carbocycles. The molecule has 2 heterocycles. The van der Waals surface area contributed by atoms with Crippen LogP contribution in [0.3, 0.4) is 0 Å². The van der Waals surface area contributed by atoms with Gasteiger partial charge in [-0.1, -0.05) is 13.0 Å². The van der Waals surface area contributed by atoms with Crippen molar-refractivity contribution in [2.45, 2.75) is 27.2 Å². The summed E-state index contributed by atoms with van der Waals surface area (Å²) in [5.41, 5.74) is 0.768. The fourth-order valence-corrected chi connectivity index (χ4v) is 3.39. The van der Waals surface area contributed by atoms with Crippen molar-refractivity contribution in [2.75, 3.05) is 23.4 Å². The van der Waals surface area contributed by atoms with E-state index in [1.54, 1.807) is 17.0 Å². The van der Waals surface area contributed by atoms with Gasteiger partial charge in [0.25, 0.3) is 5.91 Å². The molecule has 5 nitrogen and oxygen atoms in total. The van der Waals surface area contributed by atoms with Gasteiger partial charge in [0.05, 0.1) is 16.0 Å². The first kappa shape index (κ1) is 17.5. The van der Waals surface area contributed by atoms with Crippen molar-refractivity contribution in [3.05, 3.63) is 40.6 Å². The summed E-state index contributed by atoms with van der Waals surface area (Å²) in [6.07, 6.45) is 0.840. The zero-order valence-corrected chi connectivity index (χ0v) is 15.5.